The van der Waals surface area contributed by atoms with Crippen molar-refractivity contribution in [3.05, 3.63) is 48.3 Å². The standard InChI is InChI=1S/C22H29N5O/c1-26-10-12-27(13-11-26)21-8-6-19(7-9-21)25-22(28)17-14-20(16-23-15-17)24-18-4-2-3-5-18/h6-9,14-16,18,24H,2-5,10-13H2,1H3,(H,25,28). The van der Waals surface area contributed by atoms with Gasteiger partial charge in [-0.15, -0.1) is 0 Å². The van der Waals surface area contributed by atoms with Gasteiger partial charge >= 0.3 is 0 Å². The molecule has 2 N–H and O–H groups in total. The molecule has 6 nitrogen and oxygen atoms in total. The van der Waals surface area contributed by atoms with Gasteiger partial charge in [-0.3, -0.25) is 9.78 Å². The number of likely N-dealkylation sites (N-methyl/N-ethyl adjacent to an activating group) is 1. The minimum absolute atomic E-state index is 0.130. The van der Waals surface area contributed by atoms with E-state index in [1.807, 2.05) is 18.2 Å². The Morgan fingerprint density at radius 2 is 1.71 bits per heavy atom. The number of carbonyl (C=O) groups excluding carboxylic acids is 1. The number of piperazine rings is 1. The van der Waals surface area contributed by atoms with Crippen LogP contribution in [0.1, 0.15) is 36.0 Å². The van der Waals surface area contributed by atoms with E-state index in [2.05, 4.69) is 44.6 Å². The lowest BCUT2D eigenvalue weighted by molar-refractivity contribution is 0.102. The van der Waals surface area contributed by atoms with Crippen LogP contribution in [0.4, 0.5) is 17.1 Å². The van der Waals surface area contributed by atoms with Gasteiger partial charge in [-0.1, -0.05) is 12.8 Å². The van der Waals surface area contributed by atoms with Crippen molar-refractivity contribution < 1.29 is 4.79 Å². The third kappa shape index (κ3) is 4.62. The number of pyridine rings is 1. The molecule has 0 radical (unpaired) electrons. The molecule has 2 fully saturated rings. The molecule has 1 aliphatic heterocycles. The van der Waals surface area contributed by atoms with E-state index >= 15 is 0 Å². The second kappa shape index (κ2) is 8.61. The van der Waals surface area contributed by atoms with Crippen molar-refractivity contribution in [2.75, 3.05) is 48.8 Å². The lowest BCUT2D eigenvalue weighted by Gasteiger charge is -2.34. The van der Waals surface area contributed by atoms with Gasteiger partial charge < -0.3 is 20.4 Å². The maximum absolute atomic E-state index is 12.6. The molecule has 0 spiro atoms. The lowest BCUT2D eigenvalue weighted by Crippen LogP contribution is -2.44. The highest BCUT2D eigenvalue weighted by Crippen LogP contribution is 2.23. The summed E-state index contributed by atoms with van der Waals surface area (Å²) >= 11 is 0. The van der Waals surface area contributed by atoms with Gasteiger partial charge in [0.25, 0.3) is 5.91 Å². The molecule has 28 heavy (non-hydrogen) atoms. The highest BCUT2D eigenvalue weighted by atomic mass is 16.1. The van der Waals surface area contributed by atoms with E-state index in [-0.39, 0.29) is 5.91 Å². The zero-order valence-corrected chi connectivity index (χ0v) is 16.5. The predicted octanol–water partition coefficient (Wildman–Crippen LogP) is 3.44. The molecular weight excluding hydrogens is 350 g/mol. The number of amides is 1. The Balaban J connectivity index is 1.36. The molecule has 1 amide bonds. The number of rotatable bonds is 5. The number of hydrogen-bond acceptors (Lipinski definition) is 5. The predicted molar refractivity (Wildman–Crippen MR) is 114 cm³/mol. The minimum atomic E-state index is -0.130. The van der Waals surface area contributed by atoms with Crippen molar-refractivity contribution in [2.45, 2.75) is 31.7 Å². The minimum Gasteiger partial charge on any atom is -0.381 e. The van der Waals surface area contributed by atoms with Gasteiger partial charge in [-0.25, -0.2) is 0 Å². The van der Waals surface area contributed by atoms with Crippen LogP contribution in [0.25, 0.3) is 0 Å². The van der Waals surface area contributed by atoms with Gasteiger partial charge in [0, 0.05) is 56.0 Å². The largest absolute Gasteiger partial charge is 0.381 e. The van der Waals surface area contributed by atoms with Crippen LogP contribution < -0.4 is 15.5 Å². The molecule has 1 aliphatic carbocycles. The molecule has 1 aromatic heterocycles. The summed E-state index contributed by atoms with van der Waals surface area (Å²) in [5.41, 5.74) is 3.50. The van der Waals surface area contributed by atoms with Crippen LogP contribution in [0.15, 0.2) is 42.7 Å². The molecule has 1 aromatic carbocycles. The van der Waals surface area contributed by atoms with Crippen LogP contribution in [0.5, 0.6) is 0 Å². The number of hydrogen-bond donors (Lipinski definition) is 2. The second-order valence-corrected chi connectivity index (χ2v) is 7.88. The molecule has 1 saturated heterocycles. The van der Waals surface area contributed by atoms with E-state index < -0.39 is 0 Å². The topological polar surface area (TPSA) is 60.5 Å². The normalized spacial score (nSPS) is 18.2. The molecule has 0 unspecified atom stereocenters. The molecule has 2 heterocycles. The van der Waals surface area contributed by atoms with Crippen LogP contribution in [0, 0.1) is 0 Å². The average molecular weight is 380 g/mol. The van der Waals surface area contributed by atoms with E-state index in [4.69, 9.17) is 0 Å². The van der Waals surface area contributed by atoms with Gasteiger partial charge in [0.2, 0.25) is 0 Å². The summed E-state index contributed by atoms with van der Waals surface area (Å²) < 4.78 is 0. The van der Waals surface area contributed by atoms with E-state index in [9.17, 15) is 4.79 Å². The number of nitrogens with one attached hydrogen (secondary N) is 2. The third-order valence-electron chi connectivity index (χ3n) is 5.72. The quantitative estimate of drug-likeness (QED) is 0.833. The maximum Gasteiger partial charge on any atom is 0.257 e. The maximum atomic E-state index is 12.6. The summed E-state index contributed by atoms with van der Waals surface area (Å²) in [5, 5.41) is 6.48. The zero-order valence-electron chi connectivity index (χ0n) is 16.5. The molecule has 2 aliphatic rings. The number of carbonyl (C=O) groups is 1. The Morgan fingerprint density at radius 1 is 1.00 bits per heavy atom. The van der Waals surface area contributed by atoms with Crippen molar-refractivity contribution in [2.24, 2.45) is 0 Å². The summed E-state index contributed by atoms with van der Waals surface area (Å²) in [6, 6.07) is 10.5. The fourth-order valence-corrected chi connectivity index (χ4v) is 3.97. The van der Waals surface area contributed by atoms with E-state index in [0.717, 1.165) is 37.6 Å². The SMILES string of the molecule is CN1CCN(c2ccc(NC(=O)c3cncc(NC4CCCC4)c3)cc2)CC1. The first-order valence-electron chi connectivity index (χ1n) is 10.2. The van der Waals surface area contributed by atoms with E-state index in [1.54, 1.807) is 12.4 Å². The molecule has 148 valence electrons. The number of aromatic nitrogens is 1. The van der Waals surface area contributed by atoms with Gasteiger partial charge in [0.1, 0.15) is 0 Å². The first-order chi connectivity index (χ1) is 13.7. The second-order valence-electron chi connectivity index (χ2n) is 7.88. The van der Waals surface area contributed by atoms with Crippen molar-refractivity contribution in [3.63, 3.8) is 0 Å². The molecule has 0 atom stereocenters. The van der Waals surface area contributed by atoms with Crippen LogP contribution in [-0.2, 0) is 0 Å². The fraction of sp³-hybridized carbons (Fsp3) is 0.455. The number of anilines is 3. The van der Waals surface area contributed by atoms with Gasteiger partial charge in [-0.2, -0.15) is 0 Å². The summed E-state index contributed by atoms with van der Waals surface area (Å²) in [7, 11) is 2.16. The molecule has 2 aromatic rings. The van der Waals surface area contributed by atoms with Crippen molar-refractivity contribution in [3.8, 4) is 0 Å². The molecule has 4 rings (SSSR count). The summed E-state index contributed by atoms with van der Waals surface area (Å²) in [6.07, 6.45) is 8.34. The molecular formula is C22H29N5O. The highest BCUT2D eigenvalue weighted by molar-refractivity contribution is 6.04. The van der Waals surface area contributed by atoms with E-state index in [0.29, 0.717) is 11.6 Å². The van der Waals surface area contributed by atoms with E-state index in [1.165, 1.54) is 31.4 Å². The monoisotopic (exact) mass is 379 g/mol. The van der Waals surface area contributed by atoms with Crippen LogP contribution >= 0.6 is 0 Å². The van der Waals surface area contributed by atoms with Crippen molar-refractivity contribution >= 4 is 23.0 Å². The smallest absolute Gasteiger partial charge is 0.257 e. The zero-order chi connectivity index (χ0) is 19.3. The Bertz CT molecular complexity index is 793. The van der Waals surface area contributed by atoms with Crippen molar-refractivity contribution in [1.82, 2.24) is 9.88 Å². The van der Waals surface area contributed by atoms with Crippen LogP contribution in [-0.4, -0.2) is 55.1 Å². The van der Waals surface area contributed by atoms with Gasteiger partial charge in [0.15, 0.2) is 0 Å². The highest BCUT2D eigenvalue weighted by Gasteiger charge is 2.16. The van der Waals surface area contributed by atoms with Crippen LogP contribution in [0.2, 0.25) is 0 Å². The van der Waals surface area contributed by atoms with Gasteiger partial charge in [-0.05, 0) is 50.2 Å². The first-order valence-corrected chi connectivity index (χ1v) is 10.2. The summed E-state index contributed by atoms with van der Waals surface area (Å²) in [4.78, 5) is 21.6. The van der Waals surface area contributed by atoms with Gasteiger partial charge in [0.05, 0.1) is 11.3 Å². The Hall–Kier alpha value is -2.60. The molecule has 6 heteroatoms. The fourth-order valence-electron chi connectivity index (χ4n) is 3.97. The summed E-state index contributed by atoms with van der Waals surface area (Å²) in [6.45, 7) is 4.23. The first kappa shape index (κ1) is 18.7. The average Bonchev–Trinajstić information content (AvgIpc) is 3.22. The van der Waals surface area contributed by atoms with Crippen LogP contribution in [0.3, 0.4) is 0 Å². The lowest BCUT2D eigenvalue weighted by atomic mass is 10.2. The Kier molecular flexibility index (Phi) is 5.76. The molecule has 1 saturated carbocycles. The number of nitrogens with zero attached hydrogens (tertiary/aromatic N) is 3. The Morgan fingerprint density at radius 3 is 2.43 bits per heavy atom. The molecule has 0 bridgehead atoms. The third-order valence-corrected chi connectivity index (χ3v) is 5.72. The summed E-state index contributed by atoms with van der Waals surface area (Å²) in [5.74, 6) is -0.130. The number of benzene rings is 1. The van der Waals surface area contributed by atoms with Crippen molar-refractivity contribution in [1.29, 1.82) is 0 Å². The Labute approximate surface area is 166 Å².